The lowest BCUT2D eigenvalue weighted by Crippen LogP contribution is -2.60. The van der Waals surface area contributed by atoms with Crippen molar-refractivity contribution in [1.29, 1.82) is 0 Å². The van der Waals surface area contributed by atoms with Crippen molar-refractivity contribution in [2.75, 3.05) is 32.9 Å². The fourth-order valence-corrected chi connectivity index (χ4v) is 2.80. The molecule has 1 amide bonds. The summed E-state index contributed by atoms with van der Waals surface area (Å²) in [4.78, 5) is 13.9. The quantitative estimate of drug-likeness (QED) is 0.559. The van der Waals surface area contributed by atoms with Crippen molar-refractivity contribution in [3.05, 3.63) is 0 Å². The van der Waals surface area contributed by atoms with E-state index in [-0.39, 0.29) is 37.9 Å². The number of aliphatic hydroxyl groups is 3. The first kappa shape index (κ1) is 20.2. The summed E-state index contributed by atoms with van der Waals surface area (Å²) in [6.45, 7) is 7.63. The highest BCUT2D eigenvalue weighted by Gasteiger charge is 2.35. The van der Waals surface area contributed by atoms with E-state index in [9.17, 15) is 20.1 Å². The van der Waals surface area contributed by atoms with Crippen LogP contribution in [0.1, 0.15) is 40.5 Å². The predicted molar refractivity (Wildman–Crippen MR) is 87.1 cm³/mol. The number of nitrogens with one attached hydrogen (secondary N) is 1. The van der Waals surface area contributed by atoms with Crippen LogP contribution in [-0.4, -0.2) is 76.4 Å². The maximum absolute atomic E-state index is 12.2. The third-order valence-corrected chi connectivity index (χ3v) is 4.26. The summed E-state index contributed by atoms with van der Waals surface area (Å²) in [5.41, 5.74) is -1.62. The topological polar surface area (TPSA) is 102 Å². The lowest BCUT2D eigenvalue weighted by atomic mass is 9.89. The fourth-order valence-electron chi connectivity index (χ4n) is 2.80. The monoisotopic (exact) mass is 332 g/mol. The molecule has 4 N–H and O–H groups in total. The Bertz CT molecular complexity index is 371. The van der Waals surface area contributed by atoms with Crippen LogP contribution in [0.15, 0.2) is 0 Å². The predicted octanol–water partition coefficient (Wildman–Crippen LogP) is 0.327. The molecule has 0 aliphatic carbocycles. The molecule has 1 aliphatic heterocycles. The van der Waals surface area contributed by atoms with Gasteiger partial charge in [-0.3, -0.25) is 0 Å². The van der Waals surface area contributed by atoms with Gasteiger partial charge in [0, 0.05) is 19.1 Å². The second-order valence-corrected chi connectivity index (χ2v) is 7.52. The first-order valence-corrected chi connectivity index (χ1v) is 8.24. The smallest absolute Gasteiger partial charge is 0.410 e. The van der Waals surface area contributed by atoms with Gasteiger partial charge in [-0.15, -0.1) is 0 Å². The minimum Gasteiger partial charge on any atom is -0.444 e. The number of hydrogen-bond donors (Lipinski definition) is 4. The van der Waals surface area contributed by atoms with E-state index in [1.165, 1.54) is 0 Å². The summed E-state index contributed by atoms with van der Waals surface area (Å²) in [5, 5.41) is 31.4. The van der Waals surface area contributed by atoms with Gasteiger partial charge in [-0.05, 0) is 46.5 Å². The van der Waals surface area contributed by atoms with E-state index in [0.29, 0.717) is 13.1 Å². The third-order valence-electron chi connectivity index (χ3n) is 4.26. The minimum atomic E-state index is -1.10. The summed E-state index contributed by atoms with van der Waals surface area (Å²) in [5.74, 6) is 0.167. The number of rotatable bonds is 6. The molecule has 1 rings (SSSR count). The third kappa shape index (κ3) is 5.91. The Hall–Kier alpha value is -0.890. The Balaban J connectivity index is 2.65. The average Bonchev–Trinajstić information content (AvgIpc) is 2.51. The van der Waals surface area contributed by atoms with Gasteiger partial charge in [-0.2, -0.15) is 0 Å². The Kier molecular flexibility index (Phi) is 7.26. The van der Waals surface area contributed by atoms with Crippen LogP contribution in [0.3, 0.4) is 0 Å². The molecule has 136 valence electrons. The summed E-state index contributed by atoms with van der Waals surface area (Å²) in [7, 11) is 0. The second kappa shape index (κ2) is 8.28. The molecule has 0 aromatic heterocycles. The molecule has 7 heteroatoms. The zero-order valence-corrected chi connectivity index (χ0v) is 14.7. The number of hydrogen-bond acceptors (Lipinski definition) is 6. The van der Waals surface area contributed by atoms with Gasteiger partial charge in [0.1, 0.15) is 5.60 Å². The van der Waals surface area contributed by atoms with E-state index in [0.717, 1.165) is 12.8 Å². The number of carbonyl (C=O) groups is 1. The number of carbonyl (C=O) groups excluding carboxylic acids is 1. The summed E-state index contributed by atoms with van der Waals surface area (Å²) >= 11 is 0. The van der Waals surface area contributed by atoms with Crippen molar-refractivity contribution < 1.29 is 24.9 Å². The molecule has 0 saturated carbocycles. The molecule has 1 saturated heterocycles. The summed E-state index contributed by atoms with van der Waals surface area (Å²) < 4.78 is 5.42. The van der Waals surface area contributed by atoms with Crippen molar-refractivity contribution in [1.82, 2.24) is 10.2 Å². The lowest BCUT2D eigenvalue weighted by Gasteiger charge is -2.40. The van der Waals surface area contributed by atoms with Gasteiger partial charge in [0.2, 0.25) is 0 Å². The largest absolute Gasteiger partial charge is 0.444 e. The molecule has 23 heavy (non-hydrogen) atoms. The SMILES string of the molecule is CC(NC(CO)(CO)CO)C1CCCN(C(=O)OC(C)(C)C)C1. The maximum atomic E-state index is 12.2. The van der Waals surface area contributed by atoms with Crippen molar-refractivity contribution in [3.63, 3.8) is 0 Å². The van der Waals surface area contributed by atoms with E-state index >= 15 is 0 Å². The van der Waals surface area contributed by atoms with Crippen LogP contribution in [0.25, 0.3) is 0 Å². The molecule has 2 unspecified atom stereocenters. The fraction of sp³-hybridized carbons (Fsp3) is 0.938. The number of ether oxygens (including phenoxy) is 1. The van der Waals surface area contributed by atoms with Gasteiger partial charge in [0.15, 0.2) is 0 Å². The molecule has 1 aliphatic rings. The van der Waals surface area contributed by atoms with Crippen molar-refractivity contribution in [2.24, 2.45) is 5.92 Å². The number of amides is 1. The Labute approximate surface area is 138 Å². The normalized spacial score (nSPS) is 21.2. The van der Waals surface area contributed by atoms with Crippen LogP contribution in [0, 0.1) is 5.92 Å². The highest BCUT2D eigenvalue weighted by atomic mass is 16.6. The van der Waals surface area contributed by atoms with Crippen LogP contribution < -0.4 is 5.32 Å². The van der Waals surface area contributed by atoms with Crippen LogP contribution in [0.2, 0.25) is 0 Å². The first-order valence-electron chi connectivity index (χ1n) is 8.24. The molecule has 1 fully saturated rings. The van der Waals surface area contributed by atoms with Crippen molar-refractivity contribution in [3.8, 4) is 0 Å². The number of piperidine rings is 1. The van der Waals surface area contributed by atoms with Crippen LogP contribution in [0.4, 0.5) is 4.79 Å². The highest BCUT2D eigenvalue weighted by Crippen LogP contribution is 2.23. The molecule has 7 nitrogen and oxygen atoms in total. The number of likely N-dealkylation sites (tertiary alicyclic amines) is 1. The standard InChI is InChI=1S/C16H32N2O5/c1-12(17-16(9-19,10-20)11-21)13-6-5-7-18(8-13)14(22)23-15(2,3)4/h12-13,17,19-21H,5-11H2,1-4H3. The Morgan fingerprint density at radius 1 is 1.26 bits per heavy atom. The zero-order chi connectivity index (χ0) is 17.7. The van der Waals surface area contributed by atoms with E-state index < -0.39 is 11.1 Å². The minimum absolute atomic E-state index is 0.0633. The van der Waals surface area contributed by atoms with Gasteiger partial charge in [-0.25, -0.2) is 4.79 Å². The number of nitrogens with zero attached hydrogens (tertiary/aromatic N) is 1. The van der Waals surface area contributed by atoms with Gasteiger partial charge in [-0.1, -0.05) is 0 Å². The molecule has 0 bridgehead atoms. The molecular weight excluding hydrogens is 300 g/mol. The van der Waals surface area contributed by atoms with E-state index in [2.05, 4.69) is 5.32 Å². The highest BCUT2D eigenvalue weighted by molar-refractivity contribution is 5.68. The van der Waals surface area contributed by atoms with Crippen LogP contribution >= 0.6 is 0 Å². The van der Waals surface area contributed by atoms with Gasteiger partial charge >= 0.3 is 6.09 Å². The van der Waals surface area contributed by atoms with E-state index in [4.69, 9.17) is 4.74 Å². The lowest BCUT2D eigenvalue weighted by molar-refractivity contribution is 0.00627. The number of aliphatic hydroxyl groups excluding tert-OH is 3. The molecule has 0 radical (unpaired) electrons. The molecule has 0 aromatic rings. The van der Waals surface area contributed by atoms with Crippen LogP contribution in [0.5, 0.6) is 0 Å². The second-order valence-electron chi connectivity index (χ2n) is 7.52. The molecule has 0 aromatic carbocycles. The zero-order valence-electron chi connectivity index (χ0n) is 14.7. The summed E-state index contributed by atoms with van der Waals surface area (Å²) in [6, 6.07) is -0.0633. The van der Waals surface area contributed by atoms with E-state index in [1.807, 2.05) is 27.7 Å². The molecular formula is C16H32N2O5. The van der Waals surface area contributed by atoms with Gasteiger partial charge in [0.25, 0.3) is 0 Å². The van der Waals surface area contributed by atoms with Gasteiger partial charge < -0.3 is 30.3 Å². The first-order chi connectivity index (χ1) is 10.7. The molecule has 0 spiro atoms. The Morgan fingerprint density at radius 3 is 2.30 bits per heavy atom. The maximum Gasteiger partial charge on any atom is 0.410 e. The molecule has 2 atom stereocenters. The van der Waals surface area contributed by atoms with Crippen molar-refractivity contribution in [2.45, 2.75) is 57.7 Å². The van der Waals surface area contributed by atoms with E-state index in [1.54, 1.807) is 4.90 Å². The van der Waals surface area contributed by atoms with Gasteiger partial charge in [0.05, 0.1) is 25.4 Å². The Morgan fingerprint density at radius 2 is 1.83 bits per heavy atom. The average molecular weight is 332 g/mol. The van der Waals surface area contributed by atoms with Crippen molar-refractivity contribution >= 4 is 6.09 Å². The van der Waals surface area contributed by atoms with Crippen LogP contribution in [-0.2, 0) is 4.74 Å². The molecule has 1 heterocycles. The summed E-state index contributed by atoms with van der Waals surface area (Å²) in [6.07, 6.45) is 1.50.